The molecule has 0 bridgehead atoms. The number of rotatable bonds is 2. The van der Waals surface area contributed by atoms with Gasteiger partial charge in [-0.25, -0.2) is 4.57 Å². The lowest BCUT2D eigenvalue weighted by atomic mass is 9.87. The van der Waals surface area contributed by atoms with Gasteiger partial charge in [-0.2, -0.15) is 0 Å². The SMILES string of the molecule is CC(C)(C)c1ccc(OP2(=O)Oc3ccccc3-c3ccccc32)cc1. The molecule has 1 aliphatic rings. The Balaban J connectivity index is 1.74. The normalized spacial score (nSPS) is 18.4. The highest BCUT2D eigenvalue weighted by atomic mass is 31.2. The Morgan fingerprint density at radius 3 is 2.12 bits per heavy atom. The minimum atomic E-state index is -3.51. The Morgan fingerprint density at radius 2 is 1.42 bits per heavy atom. The van der Waals surface area contributed by atoms with Crippen molar-refractivity contribution in [2.45, 2.75) is 26.2 Å². The first-order valence-corrected chi connectivity index (χ1v) is 10.2. The van der Waals surface area contributed by atoms with Crippen LogP contribution in [0, 0.1) is 0 Å². The first kappa shape index (κ1) is 16.9. The smallest absolute Gasteiger partial charge is 0.413 e. The standard InChI is InChI=1S/C22H21O3P/c1-22(2,3)16-12-14-17(15-13-16)24-26(23)21-11-7-5-9-19(21)18-8-4-6-10-20(18)25-26/h4-15H,1-3H3. The molecular weight excluding hydrogens is 343 g/mol. The molecule has 0 spiro atoms. The zero-order chi connectivity index (χ0) is 18.4. The van der Waals surface area contributed by atoms with Crippen LogP contribution in [0.5, 0.6) is 11.5 Å². The van der Waals surface area contributed by atoms with Crippen molar-refractivity contribution in [3.8, 4) is 22.6 Å². The molecule has 0 radical (unpaired) electrons. The summed E-state index contributed by atoms with van der Waals surface area (Å²) in [5, 5.41) is 0.596. The van der Waals surface area contributed by atoms with E-state index in [1.807, 2.05) is 72.8 Å². The fraction of sp³-hybridized carbons (Fsp3) is 0.182. The monoisotopic (exact) mass is 364 g/mol. The van der Waals surface area contributed by atoms with Crippen molar-refractivity contribution >= 4 is 12.9 Å². The molecule has 26 heavy (non-hydrogen) atoms. The second-order valence-electron chi connectivity index (χ2n) is 7.47. The maximum absolute atomic E-state index is 13.6. The fourth-order valence-electron chi connectivity index (χ4n) is 3.11. The Kier molecular flexibility index (Phi) is 3.93. The minimum absolute atomic E-state index is 0.0513. The molecule has 3 aromatic rings. The summed E-state index contributed by atoms with van der Waals surface area (Å²) < 4.78 is 25.4. The van der Waals surface area contributed by atoms with Gasteiger partial charge in [-0.3, -0.25) is 0 Å². The summed E-state index contributed by atoms with van der Waals surface area (Å²) in [5.41, 5.74) is 3.07. The third kappa shape index (κ3) is 2.93. The van der Waals surface area contributed by atoms with Crippen LogP contribution >= 0.6 is 7.60 Å². The van der Waals surface area contributed by atoms with Gasteiger partial charge in [-0.05, 0) is 35.2 Å². The molecule has 4 heteroatoms. The molecule has 132 valence electrons. The van der Waals surface area contributed by atoms with Gasteiger partial charge in [-0.1, -0.05) is 69.3 Å². The second-order valence-corrected chi connectivity index (χ2v) is 9.31. The summed E-state index contributed by atoms with van der Waals surface area (Å²) in [6, 6.07) is 22.9. The van der Waals surface area contributed by atoms with Crippen LogP contribution in [0.3, 0.4) is 0 Å². The number of fused-ring (bicyclic) bond motifs is 3. The van der Waals surface area contributed by atoms with Crippen molar-refractivity contribution in [3.63, 3.8) is 0 Å². The van der Waals surface area contributed by atoms with Crippen molar-refractivity contribution in [2.24, 2.45) is 0 Å². The van der Waals surface area contributed by atoms with E-state index >= 15 is 0 Å². The van der Waals surface area contributed by atoms with Crippen LogP contribution in [0.4, 0.5) is 0 Å². The van der Waals surface area contributed by atoms with Crippen LogP contribution in [-0.4, -0.2) is 0 Å². The minimum Gasteiger partial charge on any atom is -0.413 e. The Bertz CT molecular complexity index is 1000. The lowest BCUT2D eigenvalue weighted by Crippen LogP contribution is -2.21. The number of hydrogen-bond acceptors (Lipinski definition) is 3. The van der Waals surface area contributed by atoms with Crippen molar-refractivity contribution in [3.05, 3.63) is 78.4 Å². The van der Waals surface area contributed by atoms with Gasteiger partial charge in [-0.15, -0.1) is 0 Å². The van der Waals surface area contributed by atoms with Gasteiger partial charge >= 0.3 is 7.60 Å². The summed E-state index contributed by atoms with van der Waals surface area (Å²) >= 11 is 0. The molecular formula is C22H21O3P. The zero-order valence-electron chi connectivity index (χ0n) is 15.1. The van der Waals surface area contributed by atoms with Crippen molar-refractivity contribution in [1.82, 2.24) is 0 Å². The second kappa shape index (κ2) is 6.03. The molecule has 0 saturated heterocycles. The highest BCUT2D eigenvalue weighted by molar-refractivity contribution is 7.63. The molecule has 0 aliphatic carbocycles. The highest BCUT2D eigenvalue weighted by Gasteiger charge is 2.38. The summed E-state index contributed by atoms with van der Waals surface area (Å²) in [7, 11) is -3.51. The quantitative estimate of drug-likeness (QED) is 0.528. The molecule has 1 atom stereocenters. The average molecular weight is 364 g/mol. The van der Waals surface area contributed by atoms with E-state index in [9.17, 15) is 4.57 Å². The molecule has 0 aromatic heterocycles. The van der Waals surface area contributed by atoms with E-state index in [1.54, 1.807) is 0 Å². The molecule has 3 aromatic carbocycles. The predicted molar refractivity (Wildman–Crippen MR) is 106 cm³/mol. The molecule has 0 fully saturated rings. The summed E-state index contributed by atoms with van der Waals surface area (Å²) in [5.74, 6) is 1.12. The fourth-order valence-corrected chi connectivity index (χ4v) is 4.92. The van der Waals surface area contributed by atoms with E-state index in [-0.39, 0.29) is 5.41 Å². The molecule has 0 amide bonds. The average Bonchev–Trinajstić information content (AvgIpc) is 2.62. The van der Waals surface area contributed by atoms with Crippen LogP contribution in [0.15, 0.2) is 72.8 Å². The van der Waals surface area contributed by atoms with Crippen LogP contribution < -0.4 is 14.4 Å². The van der Waals surface area contributed by atoms with Gasteiger partial charge in [0.05, 0.1) is 5.30 Å². The maximum Gasteiger partial charge on any atom is 0.463 e. The molecule has 3 nitrogen and oxygen atoms in total. The topological polar surface area (TPSA) is 35.5 Å². The van der Waals surface area contributed by atoms with Gasteiger partial charge in [0, 0.05) is 11.1 Å². The van der Waals surface area contributed by atoms with E-state index in [0.29, 0.717) is 16.8 Å². The van der Waals surface area contributed by atoms with Crippen LogP contribution in [0.25, 0.3) is 11.1 Å². The van der Waals surface area contributed by atoms with Crippen LogP contribution in [0.2, 0.25) is 0 Å². The first-order chi connectivity index (χ1) is 12.4. The highest BCUT2D eigenvalue weighted by Crippen LogP contribution is 2.55. The van der Waals surface area contributed by atoms with Crippen LogP contribution in [0.1, 0.15) is 26.3 Å². The van der Waals surface area contributed by atoms with E-state index in [0.717, 1.165) is 11.1 Å². The number of hydrogen-bond donors (Lipinski definition) is 0. The van der Waals surface area contributed by atoms with Crippen LogP contribution in [-0.2, 0) is 9.98 Å². The number of benzene rings is 3. The third-order valence-corrected chi connectivity index (χ3v) is 6.41. The lowest BCUT2D eigenvalue weighted by Gasteiger charge is -2.28. The van der Waals surface area contributed by atoms with Gasteiger partial charge in [0.15, 0.2) is 0 Å². The molecule has 0 N–H and O–H groups in total. The molecule has 0 saturated carbocycles. The molecule has 1 heterocycles. The van der Waals surface area contributed by atoms with Gasteiger partial charge in [0.1, 0.15) is 11.5 Å². The predicted octanol–water partition coefficient (Wildman–Crippen LogP) is 5.94. The largest absolute Gasteiger partial charge is 0.463 e. The lowest BCUT2D eigenvalue weighted by molar-refractivity contribution is 0.398. The van der Waals surface area contributed by atoms with Gasteiger partial charge in [0.25, 0.3) is 0 Å². The first-order valence-electron chi connectivity index (χ1n) is 8.66. The van der Waals surface area contributed by atoms with E-state index < -0.39 is 7.60 Å². The van der Waals surface area contributed by atoms with E-state index in [1.165, 1.54) is 5.56 Å². The Morgan fingerprint density at radius 1 is 0.808 bits per heavy atom. The van der Waals surface area contributed by atoms with Crippen molar-refractivity contribution < 1.29 is 13.6 Å². The third-order valence-electron chi connectivity index (χ3n) is 4.54. The Labute approximate surface area is 154 Å². The molecule has 1 aliphatic heterocycles. The van der Waals surface area contributed by atoms with E-state index in [4.69, 9.17) is 9.05 Å². The van der Waals surface area contributed by atoms with Crippen molar-refractivity contribution in [1.29, 1.82) is 0 Å². The Hall–Kier alpha value is -2.51. The van der Waals surface area contributed by atoms with E-state index in [2.05, 4.69) is 20.8 Å². The maximum atomic E-state index is 13.6. The summed E-state index contributed by atoms with van der Waals surface area (Å²) in [4.78, 5) is 0. The van der Waals surface area contributed by atoms with Gasteiger partial charge in [0.2, 0.25) is 0 Å². The van der Waals surface area contributed by atoms with Crippen molar-refractivity contribution in [2.75, 3.05) is 0 Å². The zero-order valence-corrected chi connectivity index (χ0v) is 16.0. The summed E-state index contributed by atoms with van der Waals surface area (Å²) in [6.07, 6.45) is 0. The van der Waals surface area contributed by atoms with Gasteiger partial charge < -0.3 is 9.05 Å². The molecule has 1 unspecified atom stereocenters. The molecule has 4 rings (SSSR count). The summed E-state index contributed by atoms with van der Waals surface area (Å²) in [6.45, 7) is 6.47. The number of para-hydroxylation sites is 1.